The van der Waals surface area contributed by atoms with Crippen LogP contribution in [0.2, 0.25) is 0 Å². The number of hydrogen-bond donors (Lipinski definition) is 1. The van der Waals surface area contributed by atoms with Crippen LogP contribution in [0, 0.1) is 5.92 Å². The quantitative estimate of drug-likeness (QED) is 0.795. The van der Waals surface area contributed by atoms with E-state index in [1.54, 1.807) is 7.11 Å². The zero-order valence-electron chi connectivity index (χ0n) is 10.7. The molecule has 2 N–H and O–H groups in total. The lowest BCUT2D eigenvalue weighted by Gasteiger charge is -2.08. The maximum atomic E-state index is 11.8. The van der Waals surface area contributed by atoms with Gasteiger partial charge < -0.3 is 10.5 Å². The first-order chi connectivity index (χ1) is 8.02. The van der Waals surface area contributed by atoms with E-state index in [0.29, 0.717) is 23.1 Å². The average molecular weight is 255 g/mol. The van der Waals surface area contributed by atoms with Gasteiger partial charge in [-0.1, -0.05) is 19.9 Å². The number of anilines is 1. The van der Waals surface area contributed by atoms with Gasteiger partial charge in [0, 0.05) is 22.3 Å². The van der Waals surface area contributed by atoms with Gasteiger partial charge in [0.1, 0.15) is 5.75 Å². The van der Waals surface area contributed by atoms with Crippen molar-refractivity contribution in [3.05, 3.63) is 23.8 Å². The van der Waals surface area contributed by atoms with Crippen molar-refractivity contribution in [3.63, 3.8) is 0 Å². The molecule has 0 spiro atoms. The summed E-state index contributed by atoms with van der Waals surface area (Å²) in [4.78, 5) is 0. The fourth-order valence-corrected chi connectivity index (χ4v) is 2.93. The van der Waals surface area contributed by atoms with Crippen LogP contribution in [0.5, 0.6) is 5.75 Å². The molecule has 0 aliphatic heterocycles. The van der Waals surface area contributed by atoms with Crippen molar-refractivity contribution in [1.82, 2.24) is 0 Å². The molecule has 0 radical (unpaired) electrons. The Hall–Kier alpha value is -1.03. The van der Waals surface area contributed by atoms with Crippen LogP contribution in [0.3, 0.4) is 0 Å². The Labute approximate surface area is 106 Å². The second-order valence-electron chi connectivity index (χ2n) is 4.55. The lowest BCUT2D eigenvalue weighted by Crippen LogP contribution is -2.04. The summed E-state index contributed by atoms with van der Waals surface area (Å²) in [7, 11) is 0.785. The van der Waals surface area contributed by atoms with Gasteiger partial charge in [0.15, 0.2) is 0 Å². The van der Waals surface area contributed by atoms with E-state index in [0.717, 1.165) is 17.7 Å². The Bertz CT molecular complexity index is 391. The SMILES string of the molecule is COc1ccc(CS(=O)CCC(C)C)cc1N. The summed E-state index contributed by atoms with van der Waals surface area (Å²) >= 11 is 0. The van der Waals surface area contributed by atoms with E-state index in [2.05, 4.69) is 13.8 Å². The predicted molar refractivity (Wildman–Crippen MR) is 73.6 cm³/mol. The first-order valence-electron chi connectivity index (χ1n) is 5.80. The maximum Gasteiger partial charge on any atom is 0.141 e. The molecular weight excluding hydrogens is 234 g/mol. The van der Waals surface area contributed by atoms with Crippen molar-refractivity contribution in [2.24, 2.45) is 5.92 Å². The molecule has 1 aromatic carbocycles. The van der Waals surface area contributed by atoms with Gasteiger partial charge in [-0.2, -0.15) is 0 Å². The molecule has 0 bridgehead atoms. The van der Waals surface area contributed by atoms with Gasteiger partial charge >= 0.3 is 0 Å². The van der Waals surface area contributed by atoms with Crippen LogP contribution < -0.4 is 10.5 Å². The molecule has 1 rings (SSSR count). The molecule has 1 aromatic rings. The second-order valence-corrected chi connectivity index (χ2v) is 6.12. The van der Waals surface area contributed by atoms with E-state index in [1.807, 2.05) is 18.2 Å². The topological polar surface area (TPSA) is 52.3 Å². The van der Waals surface area contributed by atoms with Crippen molar-refractivity contribution in [3.8, 4) is 5.75 Å². The Kier molecular flexibility index (Phi) is 5.48. The average Bonchev–Trinajstić information content (AvgIpc) is 2.26. The van der Waals surface area contributed by atoms with Crippen molar-refractivity contribution in [2.75, 3.05) is 18.6 Å². The molecule has 0 aliphatic carbocycles. The maximum absolute atomic E-state index is 11.8. The zero-order chi connectivity index (χ0) is 12.8. The van der Waals surface area contributed by atoms with Gasteiger partial charge in [0.25, 0.3) is 0 Å². The summed E-state index contributed by atoms with van der Waals surface area (Å²) in [6.07, 6.45) is 0.998. The molecule has 1 atom stereocenters. The van der Waals surface area contributed by atoms with Crippen molar-refractivity contribution < 1.29 is 8.95 Å². The number of nitrogen functional groups attached to an aromatic ring is 1. The van der Waals surface area contributed by atoms with Crippen LogP contribution >= 0.6 is 0 Å². The molecule has 0 saturated heterocycles. The molecule has 3 nitrogen and oxygen atoms in total. The highest BCUT2D eigenvalue weighted by Crippen LogP contribution is 2.22. The number of ether oxygens (including phenoxy) is 1. The molecule has 96 valence electrons. The first-order valence-corrected chi connectivity index (χ1v) is 7.29. The summed E-state index contributed by atoms with van der Waals surface area (Å²) in [5.41, 5.74) is 7.41. The molecule has 4 heteroatoms. The number of nitrogens with two attached hydrogens (primary N) is 1. The van der Waals surface area contributed by atoms with Crippen molar-refractivity contribution >= 4 is 16.5 Å². The summed E-state index contributed by atoms with van der Waals surface area (Å²) in [5, 5.41) is 0. The smallest absolute Gasteiger partial charge is 0.141 e. The number of methoxy groups -OCH3 is 1. The fraction of sp³-hybridized carbons (Fsp3) is 0.538. The van der Waals surface area contributed by atoms with Gasteiger partial charge in [0.05, 0.1) is 12.8 Å². The second kappa shape index (κ2) is 6.64. The first kappa shape index (κ1) is 14.0. The molecule has 0 amide bonds. The molecule has 0 heterocycles. The van der Waals surface area contributed by atoms with E-state index >= 15 is 0 Å². The lowest BCUT2D eigenvalue weighted by atomic mass is 10.2. The summed E-state index contributed by atoms with van der Waals surface area (Å²) in [6, 6.07) is 5.58. The van der Waals surface area contributed by atoms with Gasteiger partial charge in [-0.05, 0) is 30.0 Å². The van der Waals surface area contributed by atoms with E-state index in [4.69, 9.17) is 10.5 Å². The highest BCUT2D eigenvalue weighted by atomic mass is 32.2. The minimum absolute atomic E-state index is 0.570. The summed E-state index contributed by atoms with van der Waals surface area (Å²) in [5.74, 6) is 2.59. The molecule has 0 fully saturated rings. The molecule has 0 aliphatic rings. The van der Waals surface area contributed by atoms with Crippen LogP contribution in [0.1, 0.15) is 25.8 Å². The monoisotopic (exact) mass is 255 g/mol. The minimum atomic E-state index is -0.805. The van der Waals surface area contributed by atoms with Gasteiger partial charge in [0.2, 0.25) is 0 Å². The lowest BCUT2D eigenvalue weighted by molar-refractivity contribution is 0.417. The summed E-state index contributed by atoms with van der Waals surface area (Å²) in [6.45, 7) is 4.28. The van der Waals surface area contributed by atoms with Crippen LogP contribution in [0.25, 0.3) is 0 Å². The Morgan fingerprint density at radius 2 is 2.12 bits per heavy atom. The normalized spacial score (nSPS) is 12.7. The van der Waals surface area contributed by atoms with E-state index < -0.39 is 10.8 Å². The van der Waals surface area contributed by atoms with Gasteiger partial charge in [-0.25, -0.2) is 0 Å². The largest absolute Gasteiger partial charge is 0.495 e. The van der Waals surface area contributed by atoms with E-state index in [9.17, 15) is 4.21 Å². The van der Waals surface area contributed by atoms with Crippen molar-refractivity contribution in [1.29, 1.82) is 0 Å². The molecule has 0 aromatic heterocycles. The van der Waals surface area contributed by atoms with E-state index in [1.165, 1.54) is 0 Å². The number of hydrogen-bond acceptors (Lipinski definition) is 3. The van der Waals surface area contributed by atoms with Gasteiger partial charge in [-0.3, -0.25) is 4.21 Å². The van der Waals surface area contributed by atoms with Crippen molar-refractivity contribution in [2.45, 2.75) is 26.0 Å². The van der Waals surface area contributed by atoms with E-state index in [-0.39, 0.29) is 0 Å². The number of rotatable bonds is 6. The predicted octanol–water partition coefficient (Wildman–Crippen LogP) is 2.57. The van der Waals surface area contributed by atoms with Crippen LogP contribution in [-0.4, -0.2) is 17.1 Å². The Morgan fingerprint density at radius 1 is 1.41 bits per heavy atom. The third-order valence-electron chi connectivity index (χ3n) is 2.54. The standard InChI is InChI=1S/C13H21NO2S/c1-10(2)6-7-17(15)9-11-4-5-13(16-3)12(14)8-11/h4-5,8,10H,6-7,9,14H2,1-3H3. The third kappa shape index (κ3) is 4.77. The molecule has 1 unspecified atom stereocenters. The third-order valence-corrected chi connectivity index (χ3v) is 3.89. The van der Waals surface area contributed by atoms with Crippen LogP contribution in [-0.2, 0) is 16.6 Å². The zero-order valence-corrected chi connectivity index (χ0v) is 11.5. The fourth-order valence-electron chi connectivity index (χ4n) is 1.50. The van der Waals surface area contributed by atoms with Crippen LogP contribution in [0.4, 0.5) is 5.69 Å². The molecular formula is C13H21NO2S. The number of benzene rings is 1. The molecule has 17 heavy (non-hydrogen) atoms. The Morgan fingerprint density at radius 3 is 2.65 bits per heavy atom. The highest BCUT2D eigenvalue weighted by molar-refractivity contribution is 7.84. The van der Waals surface area contributed by atoms with Gasteiger partial charge in [-0.15, -0.1) is 0 Å². The summed E-state index contributed by atoms with van der Waals surface area (Å²) < 4.78 is 16.9. The van der Waals surface area contributed by atoms with Crippen LogP contribution in [0.15, 0.2) is 18.2 Å². The Balaban J connectivity index is 2.57. The molecule has 0 saturated carbocycles. The minimum Gasteiger partial charge on any atom is -0.495 e. The highest BCUT2D eigenvalue weighted by Gasteiger charge is 2.06.